The Bertz CT molecular complexity index is 379. The van der Waals surface area contributed by atoms with Gasteiger partial charge in [-0.3, -0.25) is 10.1 Å². The molecule has 1 heterocycles. The van der Waals surface area contributed by atoms with Crippen molar-refractivity contribution in [2.45, 2.75) is 38.4 Å². The average Bonchev–Trinajstić information content (AvgIpc) is 2.75. The molecule has 0 aliphatic heterocycles. The molecule has 5 nitrogen and oxygen atoms in total. The molecule has 18 heavy (non-hydrogen) atoms. The van der Waals surface area contributed by atoms with Crippen LogP contribution in [0.3, 0.4) is 0 Å². The minimum Gasteiger partial charge on any atom is -0.396 e. The second-order valence-electron chi connectivity index (χ2n) is 4.45. The van der Waals surface area contributed by atoms with Crippen LogP contribution >= 0.6 is 11.8 Å². The fourth-order valence-corrected chi connectivity index (χ4v) is 2.06. The highest BCUT2D eigenvalue weighted by molar-refractivity contribution is 8.00. The van der Waals surface area contributed by atoms with E-state index in [-0.39, 0.29) is 23.7 Å². The predicted octanol–water partition coefficient (Wildman–Crippen LogP) is 2.24. The Morgan fingerprint density at radius 1 is 1.56 bits per heavy atom. The number of amides is 1. The Labute approximate surface area is 111 Å². The van der Waals surface area contributed by atoms with Gasteiger partial charge in [0.05, 0.1) is 11.4 Å². The number of aromatic nitrogens is 1. The molecular weight excluding hydrogens is 252 g/mol. The van der Waals surface area contributed by atoms with Crippen LogP contribution in [0.2, 0.25) is 0 Å². The van der Waals surface area contributed by atoms with Crippen molar-refractivity contribution in [2.75, 3.05) is 17.7 Å². The lowest BCUT2D eigenvalue weighted by molar-refractivity contribution is -0.113. The zero-order valence-corrected chi connectivity index (χ0v) is 11.8. The van der Waals surface area contributed by atoms with E-state index < -0.39 is 0 Å². The summed E-state index contributed by atoms with van der Waals surface area (Å²) in [5, 5.41) is 15.5. The largest absolute Gasteiger partial charge is 0.396 e. The molecule has 0 saturated heterocycles. The van der Waals surface area contributed by atoms with Crippen molar-refractivity contribution in [3.8, 4) is 0 Å². The highest BCUT2D eigenvalue weighted by atomic mass is 32.2. The molecule has 1 unspecified atom stereocenters. The SMILES string of the molecule is CC(CCO)SCC(=O)Nc1cc(C(C)C)no1. The number of hydrogen-bond donors (Lipinski definition) is 2. The normalized spacial score (nSPS) is 12.7. The predicted molar refractivity (Wildman–Crippen MR) is 72.8 cm³/mol. The molecule has 6 heteroatoms. The van der Waals surface area contributed by atoms with E-state index in [9.17, 15) is 4.79 Å². The van der Waals surface area contributed by atoms with E-state index in [0.29, 0.717) is 18.1 Å². The maximum atomic E-state index is 11.6. The van der Waals surface area contributed by atoms with Gasteiger partial charge in [0.15, 0.2) is 0 Å². The van der Waals surface area contributed by atoms with Crippen LogP contribution < -0.4 is 5.32 Å². The van der Waals surface area contributed by atoms with Crippen LogP contribution in [0.5, 0.6) is 0 Å². The first-order chi connectivity index (χ1) is 8.52. The smallest absolute Gasteiger partial charge is 0.236 e. The lowest BCUT2D eigenvalue weighted by atomic mass is 10.1. The van der Waals surface area contributed by atoms with Gasteiger partial charge in [-0.15, -0.1) is 11.8 Å². The Kier molecular flexibility index (Phi) is 6.21. The topological polar surface area (TPSA) is 75.4 Å². The van der Waals surface area contributed by atoms with Gasteiger partial charge in [0.2, 0.25) is 11.8 Å². The number of thioether (sulfide) groups is 1. The molecule has 2 N–H and O–H groups in total. The summed E-state index contributed by atoms with van der Waals surface area (Å²) < 4.78 is 5.02. The minimum atomic E-state index is -0.115. The van der Waals surface area contributed by atoms with Gasteiger partial charge >= 0.3 is 0 Å². The van der Waals surface area contributed by atoms with Crippen molar-refractivity contribution >= 4 is 23.6 Å². The molecule has 0 aromatic carbocycles. The first-order valence-electron chi connectivity index (χ1n) is 6.01. The fraction of sp³-hybridized carbons (Fsp3) is 0.667. The first kappa shape index (κ1) is 15.0. The molecule has 0 aliphatic carbocycles. The van der Waals surface area contributed by atoms with Crippen LogP contribution in [0.4, 0.5) is 5.88 Å². The lowest BCUT2D eigenvalue weighted by Gasteiger charge is -2.08. The standard InChI is InChI=1S/C12H20N2O3S/c1-8(2)10-6-12(17-14-10)13-11(16)7-18-9(3)4-5-15/h6,8-9,15H,4-5,7H2,1-3H3,(H,13,16). The lowest BCUT2D eigenvalue weighted by Crippen LogP contribution is -2.15. The highest BCUT2D eigenvalue weighted by Crippen LogP contribution is 2.18. The van der Waals surface area contributed by atoms with Crippen LogP contribution in [0.1, 0.15) is 38.8 Å². The van der Waals surface area contributed by atoms with Gasteiger partial charge < -0.3 is 9.63 Å². The van der Waals surface area contributed by atoms with Crippen molar-refractivity contribution in [3.63, 3.8) is 0 Å². The van der Waals surface area contributed by atoms with Gasteiger partial charge in [-0.1, -0.05) is 25.9 Å². The van der Waals surface area contributed by atoms with Crippen molar-refractivity contribution < 1.29 is 14.4 Å². The van der Waals surface area contributed by atoms with E-state index in [4.69, 9.17) is 9.63 Å². The molecule has 102 valence electrons. The quantitative estimate of drug-likeness (QED) is 0.796. The molecular formula is C12H20N2O3S. The van der Waals surface area contributed by atoms with Gasteiger partial charge in [-0.2, -0.15) is 0 Å². The molecule has 0 spiro atoms. The maximum Gasteiger partial charge on any atom is 0.236 e. The first-order valence-corrected chi connectivity index (χ1v) is 7.06. The molecule has 1 amide bonds. The van der Waals surface area contributed by atoms with E-state index in [1.54, 1.807) is 6.07 Å². The Balaban J connectivity index is 2.35. The summed E-state index contributed by atoms with van der Waals surface area (Å²) in [5.41, 5.74) is 0.826. The number of carbonyl (C=O) groups is 1. The molecule has 0 fully saturated rings. The third-order valence-electron chi connectivity index (χ3n) is 2.42. The second-order valence-corrected chi connectivity index (χ2v) is 5.88. The summed E-state index contributed by atoms with van der Waals surface area (Å²) in [6.07, 6.45) is 0.692. The van der Waals surface area contributed by atoms with Gasteiger partial charge in [0.1, 0.15) is 0 Å². The Hall–Kier alpha value is -1.01. The molecule has 1 aromatic rings. The van der Waals surface area contributed by atoms with Crippen molar-refractivity contribution in [3.05, 3.63) is 11.8 Å². The van der Waals surface area contributed by atoms with E-state index in [0.717, 1.165) is 5.69 Å². The van der Waals surface area contributed by atoms with Gasteiger partial charge in [0, 0.05) is 17.9 Å². The summed E-state index contributed by atoms with van der Waals surface area (Å²) in [7, 11) is 0. The molecule has 0 radical (unpaired) electrons. The van der Waals surface area contributed by atoms with Crippen LogP contribution in [0.25, 0.3) is 0 Å². The Morgan fingerprint density at radius 3 is 2.83 bits per heavy atom. The van der Waals surface area contributed by atoms with Crippen LogP contribution in [-0.4, -0.2) is 33.8 Å². The van der Waals surface area contributed by atoms with Gasteiger partial charge in [-0.05, 0) is 12.3 Å². The van der Waals surface area contributed by atoms with E-state index in [1.165, 1.54) is 11.8 Å². The molecule has 1 aromatic heterocycles. The zero-order valence-electron chi connectivity index (χ0n) is 11.0. The van der Waals surface area contributed by atoms with E-state index in [2.05, 4.69) is 10.5 Å². The molecule has 1 atom stereocenters. The molecule has 1 rings (SSSR count). The number of rotatable bonds is 7. The van der Waals surface area contributed by atoms with Crippen LogP contribution in [-0.2, 0) is 4.79 Å². The van der Waals surface area contributed by atoms with Crippen LogP contribution in [0.15, 0.2) is 10.6 Å². The van der Waals surface area contributed by atoms with Crippen molar-refractivity contribution in [1.82, 2.24) is 5.16 Å². The summed E-state index contributed by atoms with van der Waals surface area (Å²) in [6.45, 7) is 6.15. The highest BCUT2D eigenvalue weighted by Gasteiger charge is 2.11. The minimum absolute atomic E-state index is 0.115. The summed E-state index contributed by atoms with van der Waals surface area (Å²) in [4.78, 5) is 11.6. The van der Waals surface area contributed by atoms with Gasteiger partial charge in [-0.25, -0.2) is 0 Å². The Morgan fingerprint density at radius 2 is 2.28 bits per heavy atom. The molecule has 0 saturated carbocycles. The number of carbonyl (C=O) groups excluding carboxylic acids is 1. The van der Waals surface area contributed by atoms with Gasteiger partial charge in [0.25, 0.3) is 0 Å². The summed E-state index contributed by atoms with van der Waals surface area (Å²) >= 11 is 1.51. The second kappa shape index (κ2) is 7.43. The average molecular weight is 272 g/mol. The van der Waals surface area contributed by atoms with E-state index >= 15 is 0 Å². The number of nitrogens with one attached hydrogen (secondary N) is 1. The number of nitrogens with zero attached hydrogens (tertiary/aromatic N) is 1. The number of hydrogen-bond acceptors (Lipinski definition) is 5. The maximum absolute atomic E-state index is 11.6. The summed E-state index contributed by atoms with van der Waals surface area (Å²) in [6, 6.07) is 1.74. The van der Waals surface area contributed by atoms with Crippen molar-refractivity contribution in [1.29, 1.82) is 0 Å². The molecule has 0 aliphatic rings. The third-order valence-corrected chi connectivity index (χ3v) is 3.65. The third kappa shape index (κ3) is 5.10. The zero-order chi connectivity index (χ0) is 13.5. The number of anilines is 1. The summed E-state index contributed by atoms with van der Waals surface area (Å²) in [5.74, 6) is 0.896. The van der Waals surface area contributed by atoms with Crippen LogP contribution in [0, 0.1) is 0 Å². The molecule has 0 bridgehead atoms. The monoisotopic (exact) mass is 272 g/mol. The number of aliphatic hydroxyl groups excluding tert-OH is 1. The van der Waals surface area contributed by atoms with E-state index in [1.807, 2.05) is 20.8 Å². The van der Waals surface area contributed by atoms with Crippen molar-refractivity contribution in [2.24, 2.45) is 0 Å². The number of aliphatic hydroxyl groups is 1. The fourth-order valence-electron chi connectivity index (χ4n) is 1.28.